The summed E-state index contributed by atoms with van der Waals surface area (Å²) in [5, 5.41) is 3.22. The smallest absolute Gasteiger partial charge is 0.314 e. The fourth-order valence-electron chi connectivity index (χ4n) is 2.87. The highest BCUT2D eigenvalue weighted by Gasteiger charge is 2.45. The maximum atomic E-state index is 12.4. The van der Waals surface area contributed by atoms with Crippen LogP contribution in [-0.4, -0.2) is 42.8 Å². The molecule has 2 rings (SSSR count). The minimum atomic E-state index is -4.06. The standard InChI is InChI=1S/C10H17F3N2/c11-10(12,13)8-15-6-5-14-7-9(15)3-1-2-4-9/h14H,1-8H2. The molecule has 2 fully saturated rings. The van der Waals surface area contributed by atoms with Gasteiger partial charge in [-0.1, -0.05) is 12.8 Å². The Bertz CT molecular complexity index is 221. The van der Waals surface area contributed by atoms with Crippen LogP contribution >= 0.6 is 0 Å². The third kappa shape index (κ3) is 2.45. The van der Waals surface area contributed by atoms with E-state index in [0.29, 0.717) is 13.1 Å². The predicted molar refractivity (Wildman–Crippen MR) is 51.7 cm³/mol. The zero-order valence-electron chi connectivity index (χ0n) is 8.74. The first-order chi connectivity index (χ1) is 7.02. The lowest BCUT2D eigenvalue weighted by atomic mass is 9.93. The van der Waals surface area contributed by atoms with Gasteiger partial charge >= 0.3 is 6.18 Å². The summed E-state index contributed by atoms with van der Waals surface area (Å²) in [5.41, 5.74) is -0.201. The largest absolute Gasteiger partial charge is 0.401 e. The predicted octanol–water partition coefficient (Wildman–Crippen LogP) is 1.77. The minimum Gasteiger partial charge on any atom is -0.314 e. The summed E-state index contributed by atoms with van der Waals surface area (Å²) >= 11 is 0. The Morgan fingerprint density at radius 2 is 1.87 bits per heavy atom. The monoisotopic (exact) mass is 222 g/mol. The summed E-state index contributed by atoms with van der Waals surface area (Å²) in [4.78, 5) is 1.65. The zero-order valence-corrected chi connectivity index (χ0v) is 8.74. The van der Waals surface area contributed by atoms with Gasteiger partial charge in [-0.05, 0) is 12.8 Å². The molecule has 5 heteroatoms. The summed E-state index contributed by atoms with van der Waals surface area (Å²) in [5.74, 6) is 0. The van der Waals surface area contributed by atoms with E-state index in [1.165, 1.54) is 0 Å². The van der Waals surface area contributed by atoms with Gasteiger partial charge in [0.15, 0.2) is 0 Å². The molecular weight excluding hydrogens is 205 g/mol. The van der Waals surface area contributed by atoms with Gasteiger partial charge in [0.1, 0.15) is 0 Å². The third-order valence-electron chi connectivity index (χ3n) is 3.59. The highest BCUT2D eigenvalue weighted by atomic mass is 19.4. The van der Waals surface area contributed by atoms with E-state index in [1.807, 2.05) is 0 Å². The molecule has 0 unspecified atom stereocenters. The van der Waals surface area contributed by atoms with Crippen LogP contribution in [0, 0.1) is 0 Å². The van der Waals surface area contributed by atoms with E-state index in [4.69, 9.17) is 0 Å². The second-order valence-electron chi connectivity index (χ2n) is 4.64. The molecule has 0 bridgehead atoms. The molecule has 1 N–H and O–H groups in total. The summed E-state index contributed by atoms with van der Waals surface area (Å²) in [6.45, 7) is 1.19. The van der Waals surface area contributed by atoms with Crippen molar-refractivity contribution in [3.05, 3.63) is 0 Å². The molecule has 15 heavy (non-hydrogen) atoms. The first-order valence-electron chi connectivity index (χ1n) is 5.54. The van der Waals surface area contributed by atoms with Crippen LogP contribution < -0.4 is 5.32 Å². The van der Waals surface area contributed by atoms with Crippen molar-refractivity contribution in [3.63, 3.8) is 0 Å². The van der Waals surface area contributed by atoms with Crippen molar-refractivity contribution in [1.82, 2.24) is 10.2 Å². The summed E-state index contributed by atoms with van der Waals surface area (Å²) < 4.78 is 37.2. The second-order valence-corrected chi connectivity index (χ2v) is 4.64. The van der Waals surface area contributed by atoms with E-state index in [9.17, 15) is 13.2 Å². The van der Waals surface area contributed by atoms with E-state index in [1.54, 1.807) is 4.90 Å². The number of nitrogens with zero attached hydrogens (tertiary/aromatic N) is 1. The normalized spacial score (nSPS) is 27.4. The number of piperazine rings is 1. The quantitative estimate of drug-likeness (QED) is 0.727. The van der Waals surface area contributed by atoms with Crippen LogP contribution in [0.25, 0.3) is 0 Å². The minimum absolute atomic E-state index is 0.201. The summed E-state index contributed by atoms with van der Waals surface area (Å²) in [6, 6.07) is 0. The molecule has 1 spiro atoms. The Hall–Kier alpha value is -0.290. The van der Waals surface area contributed by atoms with Crippen LogP contribution in [0.4, 0.5) is 13.2 Å². The van der Waals surface area contributed by atoms with Crippen molar-refractivity contribution in [2.24, 2.45) is 0 Å². The van der Waals surface area contributed by atoms with Gasteiger partial charge in [0, 0.05) is 25.2 Å². The first kappa shape index (κ1) is 11.2. The van der Waals surface area contributed by atoms with Crippen molar-refractivity contribution in [2.45, 2.75) is 37.4 Å². The maximum absolute atomic E-state index is 12.4. The Morgan fingerprint density at radius 1 is 1.20 bits per heavy atom. The number of hydrogen-bond donors (Lipinski definition) is 1. The molecule has 1 saturated heterocycles. The lowest BCUT2D eigenvalue weighted by Gasteiger charge is -2.45. The molecule has 1 aliphatic heterocycles. The molecule has 0 radical (unpaired) electrons. The molecule has 1 heterocycles. The average molecular weight is 222 g/mol. The lowest BCUT2D eigenvalue weighted by Crippen LogP contribution is -2.61. The topological polar surface area (TPSA) is 15.3 Å². The number of alkyl halides is 3. The SMILES string of the molecule is FC(F)(F)CN1CCNCC12CCCC2. The maximum Gasteiger partial charge on any atom is 0.401 e. The molecule has 0 atom stereocenters. The highest BCUT2D eigenvalue weighted by Crippen LogP contribution is 2.37. The van der Waals surface area contributed by atoms with Gasteiger partial charge < -0.3 is 5.32 Å². The lowest BCUT2D eigenvalue weighted by molar-refractivity contribution is -0.161. The molecule has 2 aliphatic rings. The van der Waals surface area contributed by atoms with Gasteiger partial charge in [0.05, 0.1) is 6.54 Å². The van der Waals surface area contributed by atoms with Gasteiger partial charge in [-0.2, -0.15) is 13.2 Å². The van der Waals surface area contributed by atoms with E-state index in [0.717, 1.165) is 32.2 Å². The van der Waals surface area contributed by atoms with Crippen LogP contribution in [0.15, 0.2) is 0 Å². The van der Waals surface area contributed by atoms with Crippen LogP contribution in [-0.2, 0) is 0 Å². The fraction of sp³-hybridized carbons (Fsp3) is 1.00. The molecule has 1 aliphatic carbocycles. The Kier molecular flexibility index (Phi) is 2.94. The molecule has 2 nitrogen and oxygen atoms in total. The Labute approximate surface area is 87.8 Å². The average Bonchev–Trinajstić information content (AvgIpc) is 2.57. The zero-order chi connectivity index (χ0) is 10.9. The summed E-state index contributed by atoms with van der Waals surface area (Å²) in [7, 11) is 0. The molecule has 0 aromatic carbocycles. The van der Waals surface area contributed by atoms with Gasteiger partial charge in [-0.15, -0.1) is 0 Å². The van der Waals surface area contributed by atoms with Crippen LogP contribution in [0.5, 0.6) is 0 Å². The van der Waals surface area contributed by atoms with Gasteiger partial charge in [0.2, 0.25) is 0 Å². The molecule has 0 aromatic rings. The van der Waals surface area contributed by atoms with Gasteiger partial charge in [-0.25, -0.2) is 0 Å². The second kappa shape index (κ2) is 3.94. The van der Waals surface area contributed by atoms with Crippen LogP contribution in [0.3, 0.4) is 0 Å². The molecule has 1 saturated carbocycles. The van der Waals surface area contributed by atoms with Crippen molar-refractivity contribution < 1.29 is 13.2 Å². The molecule has 0 amide bonds. The highest BCUT2D eigenvalue weighted by molar-refractivity contribution is 4.99. The van der Waals surface area contributed by atoms with Crippen LogP contribution in [0.1, 0.15) is 25.7 Å². The third-order valence-corrected chi connectivity index (χ3v) is 3.59. The van der Waals surface area contributed by atoms with Crippen molar-refractivity contribution in [1.29, 1.82) is 0 Å². The van der Waals surface area contributed by atoms with E-state index in [-0.39, 0.29) is 5.54 Å². The van der Waals surface area contributed by atoms with E-state index < -0.39 is 12.7 Å². The number of hydrogen-bond acceptors (Lipinski definition) is 2. The molecule has 88 valence electrons. The van der Waals surface area contributed by atoms with Crippen molar-refractivity contribution in [3.8, 4) is 0 Å². The fourth-order valence-corrected chi connectivity index (χ4v) is 2.87. The van der Waals surface area contributed by atoms with E-state index in [2.05, 4.69) is 5.32 Å². The van der Waals surface area contributed by atoms with Gasteiger partial charge in [0.25, 0.3) is 0 Å². The van der Waals surface area contributed by atoms with Gasteiger partial charge in [-0.3, -0.25) is 4.90 Å². The number of halogens is 3. The molecule has 0 aromatic heterocycles. The number of nitrogens with one attached hydrogen (secondary N) is 1. The van der Waals surface area contributed by atoms with Crippen molar-refractivity contribution in [2.75, 3.05) is 26.2 Å². The number of rotatable bonds is 1. The van der Waals surface area contributed by atoms with Crippen LogP contribution in [0.2, 0.25) is 0 Å². The summed E-state index contributed by atoms with van der Waals surface area (Å²) in [6.07, 6.45) is -0.106. The first-order valence-corrected chi connectivity index (χ1v) is 5.54. The Morgan fingerprint density at radius 3 is 2.47 bits per heavy atom. The molecular formula is C10H17F3N2. The van der Waals surface area contributed by atoms with Crippen molar-refractivity contribution >= 4 is 0 Å². The Balaban J connectivity index is 2.06. The van der Waals surface area contributed by atoms with E-state index >= 15 is 0 Å².